The van der Waals surface area contributed by atoms with Gasteiger partial charge in [0.1, 0.15) is 23.8 Å². The predicted molar refractivity (Wildman–Crippen MR) is 102 cm³/mol. The Morgan fingerprint density at radius 3 is 2.52 bits per heavy atom. The van der Waals surface area contributed by atoms with Crippen molar-refractivity contribution in [3.05, 3.63) is 46.7 Å². The van der Waals surface area contributed by atoms with E-state index in [1.807, 2.05) is 32.0 Å². The number of aliphatic carboxylic acids is 1. The van der Waals surface area contributed by atoms with Gasteiger partial charge in [-0.25, -0.2) is 9.78 Å². The van der Waals surface area contributed by atoms with Gasteiger partial charge in [0.15, 0.2) is 12.0 Å². The van der Waals surface area contributed by atoms with Crippen LogP contribution in [-0.2, 0) is 28.0 Å². The molecule has 6 nitrogen and oxygen atoms in total. The van der Waals surface area contributed by atoms with Gasteiger partial charge in [-0.2, -0.15) is 0 Å². The number of aromatic nitrogens is 1. The van der Waals surface area contributed by atoms with Crippen molar-refractivity contribution in [2.75, 3.05) is 6.61 Å². The Morgan fingerprint density at radius 2 is 2.00 bits per heavy atom. The zero-order valence-corrected chi connectivity index (χ0v) is 17.0. The summed E-state index contributed by atoms with van der Waals surface area (Å²) in [6.45, 7) is 12.5. The Bertz CT molecular complexity index is 788. The molecule has 1 atom stereocenters. The normalized spacial score (nSPS) is 12.8. The van der Waals surface area contributed by atoms with E-state index in [4.69, 9.17) is 13.9 Å². The van der Waals surface area contributed by atoms with Crippen LogP contribution in [0, 0.1) is 13.8 Å². The molecule has 0 amide bonds. The maximum absolute atomic E-state index is 11.3. The molecule has 1 unspecified atom stereocenters. The Morgan fingerprint density at radius 1 is 1.30 bits per heavy atom. The molecule has 0 aliphatic heterocycles. The van der Waals surface area contributed by atoms with Crippen molar-refractivity contribution in [3.8, 4) is 5.75 Å². The number of carboxylic acids is 1. The fourth-order valence-corrected chi connectivity index (χ4v) is 2.64. The van der Waals surface area contributed by atoms with E-state index < -0.39 is 12.1 Å². The third kappa shape index (κ3) is 5.57. The number of hydrogen-bond acceptors (Lipinski definition) is 5. The summed E-state index contributed by atoms with van der Waals surface area (Å²) in [6, 6.07) is 5.63. The zero-order chi connectivity index (χ0) is 20.2. The van der Waals surface area contributed by atoms with Crippen LogP contribution in [0.4, 0.5) is 0 Å². The zero-order valence-electron chi connectivity index (χ0n) is 17.0. The van der Waals surface area contributed by atoms with Crippen LogP contribution in [0.5, 0.6) is 5.75 Å². The molecule has 148 valence electrons. The Labute approximate surface area is 160 Å². The molecule has 1 heterocycles. The second kappa shape index (κ2) is 8.57. The average molecular weight is 375 g/mol. The van der Waals surface area contributed by atoms with Gasteiger partial charge in [-0.05, 0) is 44.0 Å². The fourth-order valence-electron chi connectivity index (χ4n) is 2.64. The molecule has 0 spiro atoms. The van der Waals surface area contributed by atoms with Crippen LogP contribution in [-0.4, -0.2) is 28.8 Å². The number of carbonyl (C=O) groups is 1. The van der Waals surface area contributed by atoms with Crippen LogP contribution in [0.3, 0.4) is 0 Å². The standard InChI is InChI=1S/C21H29NO5/c1-7-25-18(19(23)24)11-15-8-9-16(10-13(15)2)26-12-17-14(3)27-20(22-17)21(4,5)6/h8-10,18H,7,11-12H2,1-6H3,(H,23,24). The van der Waals surface area contributed by atoms with Gasteiger partial charge in [-0.15, -0.1) is 0 Å². The van der Waals surface area contributed by atoms with E-state index in [1.54, 1.807) is 6.92 Å². The lowest BCUT2D eigenvalue weighted by atomic mass is 9.97. The first-order valence-corrected chi connectivity index (χ1v) is 9.15. The third-order valence-electron chi connectivity index (χ3n) is 4.27. The van der Waals surface area contributed by atoms with Crippen molar-refractivity contribution in [1.29, 1.82) is 0 Å². The number of oxazole rings is 1. The smallest absolute Gasteiger partial charge is 0.333 e. The molecule has 0 aliphatic carbocycles. The molecule has 1 aromatic heterocycles. The van der Waals surface area contributed by atoms with E-state index in [2.05, 4.69) is 25.8 Å². The molecule has 0 saturated heterocycles. The molecule has 27 heavy (non-hydrogen) atoms. The van der Waals surface area contributed by atoms with E-state index >= 15 is 0 Å². The minimum absolute atomic E-state index is 0.150. The summed E-state index contributed by atoms with van der Waals surface area (Å²) in [5.41, 5.74) is 2.52. The predicted octanol–water partition coefficient (Wildman–Crippen LogP) is 4.20. The average Bonchev–Trinajstić information content (AvgIpc) is 2.95. The molecule has 0 bridgehead atoms. The maximum atomic E-state index is 11.3. The number of nitrogens with zero attached hydrogens (tertiary/aromatic N) is 1. The van der Waals surface area contributed by atoms with Crippen molar-refractivity contribution >= 4 is 5.97 Å². The van der Waals surface area contributed by atoms with E-state index in [9.17, 15) is 9.90 Å². The van der Waals surface area contributed by atoms with Gasteiger partial charge in [0, 0.05) is 18.4 Å². The number of rotatable bonds is 8. The highest BCUT2D eigenvalue weighted by Gasteiger charge is 2.22. The highest BCUT2D eigenvalue weighted by Crippen LogP contribution is 2.25. The minimum atomic E-state index is -0.951. The topological polar surface area (TPSA) is 81.8 Å². The molecule has 0 saturated carbocycles. The number of hydrogen-bond donors (Lipinski definition) is 1. The van der Waals surface area contributed by atoms with E-state index in [0.717, 1.165) is 22.6 Å². The van der Waals surface area contributed by atoms with Crippen LogP contribution >= 0.6 is 0 Å². The summed E-state index contributed by atoms with van der Waals surface area (Å²) < 4.78 is 16.9. The van der Waals surface area contributed by atoms with Gasteiger partial charge in [0.2, 0.25) is 0 Å². The molecular formula is C21H29NO5. The van der Waals surface area contributed by atoms with Gasteiger partial charge in [-0.3, -0.25) is 0 Å². The van der Waals surface area contributed by atoms with Gasteiger partial charge >= 0.3 is 5.97 Å². The van der Waals surface area contributed by atoms with Crippen molar-refractivity contribution in [1.82, 2.24) is 4.98 Å². The van der Waals surface area contributed by atoms with Crippen molar-refractivity contribution in [3.63, 3.8) is 0 Å². The van der Waals surface area contributed by atoms with Crippen LogP contribution < -0.4 is 4.74 Å². The quantitative estimate of drug-likeness (QED) is 0.745. The molecule has 2 rings (SSSR count). The largest absolute Gasteiger partial charge is 0.487 e. The lowest BCUT2D eigenvalue weighted by molar-refractivity contribution is -0.149. The summed E-state index contributed by atoms with van der Waals surface area (Å²) in [5, 5.41) is 9.24. The van der Waals surface area contributed by atoms with Gasteiger partial charge in [-0.1, -0.05) is 26.8 Å². The fraction of sp³-hybridized carbons (Fsp3) is 0.524. The molecule has 1 aromatic carbocycles. The summed E-state index contributed by atoms with van der Waals surface area (Å²) in [4.78, 5) is 15.8. The highest BCUT2D eigenvalue weighted by atomic mass is 16.5. The first-order valence-electron chi connectivity index (χ1n) is 9.15. The molecule has 0 fully saturated rings. The van der Waals surface area contributed by atoms with E-state index in [0.29, 0.717) is 31.3 Å². The Kier molecular flexibility index (Phi) is 6.65. The third-order valence-corrected chi connectivity index (χ3v) is 4.27. The lowest BCUT2D eigenvalue weighted by Crippen LogP contribution is -2.26. The minimum Gasteiger partial charge on any atom is -0.487 e. The molecular weight excluding hydrogens is 346 g/mol. The molecule has 2 aromatic rings. The molecule has 0 aliphatic rings. The molecule has 0 radical (unpaired) electrons. The number of carboxylic acid groups (broad SMARTS) is 1. The second-order valence-corrected chi connectivity index (χ2v) is 7.64. The monoisotopic (exact) mass is 375 g/mol. The first-order chi connectivity index (χ1) is 12.6. The molecule has 1 N–H and O–H groups in total. The number of aryl methyl sites for hydroxylation is 2. The maximum Gasteiger partial charge on any atom is 0.333 e. The number of ether oxygens (including phenoxy) is 2. The SMILES string of the molecule is CCOC(Cc1ccc(OCc2nc(C(C)(C)C)oc2C)cc1C)C(=O)O. The molecule has 6 heteroatoms. The summed E-state index contributed by atoms with van der Waals surface area (Å²) in [7, 11) is 0. The Hall–Kier alpha value is -2.34. The summed E-state index contributed by atoms with van der Waals surface area (Å²) in [6.07, 6.45) is -0.513. The van der Waals surface area contributed by atoms with Crippen LogP contribution in [0.2, 0.25) is 0 Å². The summed E-state index contributed by atoms with van der Waals surface area (Å²) >= 11 is 0. The number of benzene rings is 1. The van der Waals surface area contributed by atoms with E-state index in [1.165, 1.54) is 0 Å². The van der Waals surface area contributed by atoms with Gasteiger partial charge in [0.25, 0.3) is 0 Å². The summed E-state index contributed by atoms with van der Waals surface area (Å²) in [5.74, 6) is 1.21. The lowest BCUT2D eigenvalue weighted by Gasteiger charge is -2.15. The highest BCUT2D eigenvalue weighted by molar-refractivity contribution is 5.72. The second-order valence-electron chi connectivity index (χ2n) is 7.64. The van der Waals surface area contributed by atoms with E-state index in [-0.39, 0.29) is 5.41 Å². The van der Waals surface area contributed by atoms with Crippen LogP contribution in [0.25, 0.3) is 0 Å². The van der Waals surface area contributed by atoms with Gasteiger partial charge in [0.05, 0.1) is 0 Å². The first kappa shape index (κ1) is 21.0. The van der Waals surface area contributed by atoms with Crippen molar-refractivity contribution in [2.45, 2.75) is 66.1 Å². The van der Waals surface area contributed by atoms with Crippen molar-refractivity contribution in [2.24, 2.45) is 0 Å². The van der Waals surface area contributed by atoms with Crippen LogP contribution in [0.1, 0.15) is 56.2 Å². The van der Waals surface area contributed by atoms with Crippen molar-refractivity contribution < 1.29 is 23.8 Å². The van der Waals surface area contributed by atoms with Gasteiger partial charge < -0.3 is 19.0 Å². The Balaban J connectivity index is 2.06. The van der Waals surface area contributed by atoms with Crippen LogP contribution in [0.15, 0.2) is 22.6 Å².